The maximum Gasteiger partial charge on any atom is 0.276 e. The second-order valence-electron chi connectivity index (χ2n) is 3.45. The third kappa shape index (κ3) is 2.17. The molecule has 1 aliphatic rings. The first kappa shape index (κ1) is 10.8. The van der Waals surface area contributed by atoms with Crippen LogP contribution in [0.3, 0.4) is 0 Å². The van der Waals surface area contributed by atoms with E-state index in [1.54, 1.807) is 0 Å². The quantitative estimate of drug-likeness (QED) is 0.725. The fourth-order valence-electron chi connectivity index (χ4n) is 1.44. The molecule has 0 saturated carbocycles. The fraction of sp³-hybridized carbons (Fsp3) is 1.00. The molecule has 0 aromatic carbocycles. The van der Waals surface area contributed by atoms with E-state index in [-0.39, 0.29) is 12.2 Å². The number of hydrogen-bond acceptors (Lipinski definition) is 3. The largest absolute Gasteiger partial charge is 0.387 e. The second-order valence-corrected chi connectivity index (χ2v) is 5.68. The van der Waals surface area contributed by atoms with Crippen molar-refractivity contribution in [2.75, 3.05) is 11.5 Å². The van der Waals surface area contributed by atoms with Gasteiger partial charge in [-0.15, -0.1) is 0 Å². The molecular weight excluding hydrogens is 202 g/mol. The number of rotatable bonds is 2. The summed E-state index contributed by atoms with van der Waals surface area (Å²) in [5.41, 5.74) is 0. The van der Waals surface area contributed by atoms with Gasteiger partial charge < -0.3 is 5.11 Å². The highest BCUT2D eigenvalue weighted by atomic mass is 32.2. The van der Waals surface area contributed by atoms with E-state index in [1.807, 2.05) is 0 Å². The fourth-order valence-corrected chi connectivity index (χ4v) is 3.25. The van der Waals surface area contributed by atoms with Gasteiger partial charge >= 0.3 is 0 Å². The topological polar surface area (TPSA) is 54.4 Å². The van der Waals surface area contributed by atoms with E-state index in [1.165, 1.54) is 0 Å². The van der Waals surface area contributed by atoms with Crippen molar-refractivity contribution in [2.45, 2.75) is 25.4 Å². The molecule has 13 heavy (non-hydrogen) atoms. The van der Waals surface area contributed by atoms with E-state index in [0.717, 1.165) is 6.92 Å². The number of aliphatic hydroxyl groups is 1. The van der Waals surface area contributed by atoms with Crippen molar-refractivity contribution in [1.82, 2.24) is 0 Å². The molecule has 1 rings (SSSR count). The van der Waals surface area contributed by atoms with Crippen molar-refractivity contribution < 1.29 is 22.3 Å². The molecule has 0 aromatic rings. The Morgan fingerprint density at radius 1 is 1.54 bits per heavy atom. The van der Waals surface area contributed by atoms with E-state index in [0.29, 0.717) is 0 Å². The molecule has 0 spiro atoms. The zero-order valence-electron chi connectivity index (χ0n) is 7.20. The average molecular weight is 214 g/mol. The lowest BCUT2D eigenvalue weighted by Crippen LogP contribution is -2.39. The van der Waals surface area contributed by atoms with Gasteiger partial charge in [-0.05, 0) is 13.3 Å². The van der Waals surface area contributed by atoms with Crippen LogP contribution in [-0.2, 0) is 9.84 Å². The number of aliphatic hydroxyl groups excluding tert-OH is 1. The summed E-state index contributed by atoms with van der Waals surface area (Å²) < 4.78 is 48.0. The smallest absolute Gasteiger partial charge is 0.276 e. The lowest BCUT2D eigenvalue weighted by atomic mass is 9.97. The maximum absolute atomic E-state index is 13.1. The van der Waals surface area contributed by atoms with Crippen LogP contribution < -0.4 is 0 Å². The Balaban J connectivity index is 2.76. The van der Waals surface area contributed by atoms with Crippen molar-refractivity contribution in [3.63, 3.8) is 0 Å². The molecule has 0 radical (unpaired) electrons. The lowest BCUT2D eigenvalue weighted by molar-refractivity contribution is -0.133. The van der Waals surface area contributed by atoms with E-state index in [2.05, 4.69) is 0 Å². The van der Waals surface area contributed by atoms with E-state index in [9.17, 15) is 17.2 Å². The Kier molecular flexibility index (Phi) is 2.64. The molecule has 2 atom stereocenters. The third-order valence-corrected chi connectivity index (χ3v) is 4.10. The Morgan fingerprint density at radius 3 is 2.38 bits per heavy atom. The predicted octanol–water partition coefficient (Wildman–Crippen LogP) is 0.437. The highest BCUT2D eigenvalue weighted by Crippen LogP contribution is 2.35. The average Bonchev–Trinajstić information content (AvgIpc) is 2.30. The Bertz CT molecular complexity index is 284. The van der Waals surface area contributed by atoms with E-state index in [4.69, 9.17) is 5.11 Å². The molecule has 3 nitrogen and oxygen atoms in total. The van der Waals surface area contributed by atoms with Gasteiger partial charge in [0.2, 0.25) is 0 Å². The van der Waals surface area contributed by atoms with Crippen molar-refractivity contribution in [2.24, 2.45) is 5.92 Å². The predicted molar refractivity (Wildman–Crippen MR) is 43.4 cm³/mol. The van der Waals surface area contributed by atoms with Gasteiger partial charge in [-0.3, -0.25) is 0 Å². The van der Waals surface area contributed by atoms with Gasteiger partial charge in [0.25, 0.3) is 5.92 Å². The summed E-state index contributed by atoms with van der Waals surface area (Å²) in [4.78, 5) is 0. The second kappa shape index (κ2) is 3.16. The molecule has 6 heteroatoms. The van der Waals surface area contributed by atoms with Crippen LogP contribution in [0.4, 0.5) is 8.78 Å². The SMILES string of the molecule is CC(O)C(F)(F)C1CCS(=O)(=O)C1. The van der Waals surface area contributed by atoms with Crippen LogP contribution in [0.5, 0.6) is 0 Å². The molecule has 2 unspecified atom stereocenters. The normalized spacial score (nSPS) is 30.3. The molecule has 1 aliphatic heterocycles. The number of halogens is 2. The van der Waals surface area contributed by atoms with Crippen LogP contribution in [0.15, 0.2) is 0 Å². The molecule has 0 bridgehead atoms. The minimum Gasteiger partial charge on any atom is -0.387 e. The highest BCUT2D eigenvalue weighted by molar-refractivity contribution is 7.91. The Hall–Kier alpha value is -0.230. The monoisotopic (exact) mass is 214 g/mol. The van der Waals surface area contributed by atoms with Crippen molar-refractivity contribution in [3.05, 3.63) is 0 Å². The molecule has 0 aliphatic carbocycles. The minimum absolute atomic E-state index is 0.0553. The molecule has 0 amide bonds. The minimum atomic E-state index is -3.30. The van der Waals surface area contributed by atoms with Gasteiger partial charge in [0.1, 0.15) is 6.10 Å². The number of hydrogen-bond donors (Lipinski definition) is 1. The van der Waals surface area contributed by atoms with Gasteiger partial charge in [0, 0.05) is 5.92 Å². The molecule has 1 N–H and O–H groups in total. The first-order valence-electron chi connectivity index (χ1n) is 4.02. The maximum atomic E-state index is 13.1. The summed E-state index contributed by atoms with van der Waals surface area (Å²) in [5, 5.41) is 8.77. The van der Waals surface area contributed by atoms with Gasteiger partial charge in [0.15, 0.2) is 9.84 Å². The zero-order valence-corrected chi connectivity index (χ0v) is 8.02. The van der Waals surface area contributed by atoms with Crippen LogP contribution >= 0.6 is 0 Å². The number of alkyl halides is 2. The van der Waals surface area contributed by atoms with Crippen molar-refractivity contribution in [3.8, 4) is 0 Å². The van der Waals surface area contributed by atoms with Crippen LogP contribution in [0, 0.1) is 5.92 Å². The van der Waals surface area contributed by atoms with Crippen LogP contribution in [0.25, 0.3) is 0 Å². The molecule has 1 heterocycles. The highest BCUT2D eigenvalue weighted by Gasteiger charge is 2.48. The zero-order chi connectivity index (χ0) is 10.3. The summed E-state index contributed by atoms with van der Waals surface area (Å²) in [6.07, 6.45) is -1.84. The molecule has 78 valence electrons. The lowest BCUT2D eigenvalue weighted by Gasteiger charge is -2.24. The Morgan fingerprint density at radius 2 is 2.08 bits per heavy atom. The summed E-state index contributed by atoms with van der Waals surface area (Å²) in [7, 11) is -3.30. The van der Waals surface area contributed by atoms with Crippen molar-refractivity contribution in [1.29, 1.82) is 0 Å². The van der Waals surface area contributed by atoms with Crippen LogP contribution in [0.1, 0.15) is 13.3 Å². The molecule has 0 aromatic heterocycles. The summed E-state index contributed by atoms with van der Waals surface area (Å²) in [6.45, 7) is 0.977. The standard InChI is InChI=1S/C7H12F2O3S/c1-5(10)7(8,9)6-2-3-13(11,12)4-6/h5-6,10H,2-4H2,1H3. The van der Waals surface area contributed by atoms with Crippen LogP contribution in [-0.4, -0.2) is 37.1 Å². The van der Waals surface area contributed by atoms with Gasteiger partial charge in [-0.2, -0.15) is 0 Å². The third-order valence-electron chi connectivity index (χ3n) is 2.33. The molecular formula is C7H12F2O3S. The summed E-state index contributed by atoms with van der Waals surface area (Å²) in [5.74, 6) is -5.22. The first-order chi connectivity index (χ1) is 5.76. The number of sulfone groups is 1. The molecule has 1 fully saturated rings. The van der Waals surface area contributed by atoms with E-state index >= 15 is 0 Å². The van der Waals surface area contributed by atoms with Gasteiger partial charge in [0.05, 0.1) is 11.5 Å². The summed E-state index contributed by atoms with van der Waals surface area (Å²) in [6, 6.07) is 0. The Labute approximate surface area is 75.7 Å². The molecule has 1 saturated heterocycles. The van der Waals surface area contributed by atoms with Gasteiger partial charge in [-0.25, -0.2) is 17.2 Å². The first-order valence-corrected chi connectivity index (χ1v) is 5.84. The van der Waals surface area contributed by atoms with Crippen LogP contribution in [0.2, 0.25) is 0 Å². The van der Waals surface area contributed by atoms with Gasteiger partial charge in [-0.1, -0.05) is 0 Å². The van der Waals surface area contributed by atoms with E-state index < -0.39 is 33.5 Å². The summed E-state index contributed by atoms with van der Waals surface area (Å²) >= 11 is 0. The van der Waals surface area contributed by atoms with Crippen molar-refractivity contribution >= 4 is 9.84 Å².